The van der Waals surface area contributed by atoms with E-state index in [0.29, 0.717) is 17.8 Å². The number of rotatable bonds is 3. The predicted molar refractivity (Wildman–Crippen MR) is 104 cm³/mol. The highest BCUT2D eigenvalue weighted by molar-refractivity contribution is 7.18. The van der Waals surface area contributed by atoms with E-state index >= 15 is 0 Å². The van der Waals surface area contributed by atoms with Crippen LogP contribution in [-0.4, -0.2) is 40.5 Å². The zero-order valence-corrected chi connectivity index (χ0v) is 16.0. The van der Waals surface area contributed by atoms with Crippen LogP contribution in [0.3, 0.4) is 0 Å². The van der Waals surface area contributed by atoms with E-state index in [-0.39, 0.29) is 16.2 Å². The van der Waals surface area contributed by atoms with Gasteiger partial charge in [-0.25, -0.2) is 13.8 Å². The molecule has 6 nitrogen and oxygen atoms in total. The van der Waals surface area contributed by atoms with Crippen molar-refractivity contribution in [3.05, 3.63) is 46.7 Å². The fourth-order valence-electron chi connectivity index (χ4n) is 4.08. The molecule has 5 rings (SSSR count). The van der Waals surface area contributed by atoms with E-state index in [1.165, 1.54) is 16.5 Å². The number of anilines is 2. The number of piperazine rings is 1. The van der Waals surface area contributed by atoms with Crippen LogP contribution in [0.25, 0.3) is 5.65 Å². The van der Waals surface area contributed by atoms with Gasteiger partial charge in [-0.1, -0.05) is 0 Å². The number of nitrogens with one attached hydrogen (secondary N) is 2. The van der Waals surface area contributed by atoms with Gasteiger partial charge in [-0.3, -0.25) is 4.79 Å². The molecule has 0 radical (unpaired) electrons. The fourth-order valence-corrected chi connectivity index (χ4v) is 5.03. The molecule has 1 amide bonds. The zero-order chi connectivity index (χ0) is 19.4. The van der Waals surface area contributed by atoms with E-state index in [0.717, 1.165) is 42.3 Å². The number of carbonyl (C=O) groups is 1. The van der Waals surface area contributed by atoms with Gasteiger partial charge in [-0.2, -0.15) is 0 Å². The van der Waals surface area contributed by atoms with Gasteiger partial charge in [0.15, 0.2) is 11.5 Å². The van der Waals surface area contributed by atoms with Gasteiger partial charge in [0, 0.05) is 49.7 Å². The molecule has 2 atom stereocenters. The van der Waals surface area contributed by atoms with Gasteiger partial charge in [-0.15, -0.1) is 11.3 Å². The Kier molecular flexibility index (Phi) is 4.09. The highest BCUT2D eigenvalue weighted by Crippen LogP contribution is 2.33. The lowest BCUT2D eigenvalue weighted by atomic mass is 10.2. The van der Waals surface area contributed by atoms with Crippen LogP contribution in [-0.2, 0) is 0 Å². The fraction of sp³-hybridized carbons (Fsp3) is 0.368. The molecule has 5 heterocycles. The molecule has 2 saturated heterocycles. The first kappa shape index (κ1) is 17.6. The molecule has 9 heteroatoms. The van der Waals surface area contributed by atoms with Gasteiger partial charge in [0.25, 0.3) is 5.91 Å². The second-order valence-electron chi connectivity index (χ2n) is 7.45. The van der Waals surface area contributed by atoms with Gasteiger partial charge < -0.3 is 19.9 Å². The van der Waals surface area contributed by atoms with Crippen LogP contribution in [0.1, 0.15) is 28.2 Å². The van der Waals surface area contributed by atoms with Gasteiger partial charge >= 0.3 is 0 Å². The third kappa shape index (κ3) is 3.04. The Morgan fingerprint density at radius 3 is 2.71 bits per heavy atom. The maximum atomic E-state index is 14.5. The molecule has 0 spiro atoms. The Hall–Kier alpha value is -2.52. The Bertz CT molecular complexity index is 1070. The van der Waals surface area contributed by atoms with Crippen molar-refractivity contribution >= 4 is 33.6 Å². The summed E-state index contributed by atoms with van der Waals surface area (Å²) in [7, 11) is 0. The number of carbonyl (C=O) groups excluding carboxylic acids is 1. The second kappa shape index (κ2) is 6.52. The molecule has 2 aliphatic heterocycles. The first-order valence-corrected chi connectivity index (χ1v) is 10.0. The summed E-state index contributed by atoms with van der Waals surface area (Å²) in [6, 6.07) is 3.47. The van der Waals surface area contributed by atoms with Crippen molar-refractivity contribution in [2.45, 2.75) is 31.8 Å². The molecule has 2 unspecified atom stereocenters. The van der Waals surface area contributed by atoms with E-state index < -0.39 is 17.5 Å². The van der Waals surface area contributed by atoms with Crippen LogP contribution in [0.5, 0.6) is 0 Å². The summed E-state index contributed by atoms with van der Waals surface area (Å²) in [5, 5.41) is 6.89. The summed E-state index contributed by atoms with van der Waals surface area (Å²) in [4.78, 5) is 18.8. The summed E-state index contributed by atoms with van der Waals surface area (Å²) < 4.78 is 30.2. The van der Waals surface area contributed by atoms with Crippen molar-refractivity contribution in [3.63, 3.8) is 0 Å². The van der Waals surface area contributed by atoms with Crippen LogP contribution >= 0.6 is 11.3 Å². The first-order valence-electron chi connectivity index (χ1n) is 9.23. The van der Waals surface area contributed by atoms with Crippen molar-refractivity contribution < 1.29 is 13.6 Å². The van der Waals surface area contributed by atoms with Crippen LogP contribution in [0, 0.1) is 18.6 Å². The maximum absolute atomic E-state index is 14.5. The van der Waals surface area contributed by atoms with Gasteiger partial charge in [0.1, 0.15) is 10.7 Å². The lowest BCUT2D eigenvalue weighted by Crippen LogP contribution is -2.51. The molecule has 0 saturated carbocycles. The summed E-state index contributed by atoms with van der Waals surface area (Å²) in [5.41, 5.74) is 1.11. The largest absolute Gasteiger partial charge is 0.360 e. The van der Waals surface area contributed by atoms with Crippen molar-refractivity contribution in [3.8, 4) is 0 Å². The van der Waals surface area contributed by atoms with Gasteiger partial charge in [0.2, 0.25) is 0 Å². The minimum absolute atomic E-state index is 0.00296. The summed E-state index contributed by atoms with van der Waals surface area (Å²) in [5.74, 6) is -1.68. The number of aryl methyl sites for hydroxylation is 1. The number of aromatic nitrogens is 2. The Labute approximate surface area is 164 Å². The number of hydrogen-bond acceptors (Lipinski definition) is 5. The Morgan fingerprint density at radius 1 is 1.21 bits per heavy atom. The molecule has 2 fully saturated rings. The molecule has 2 N–H and O–H groups in total. The molecule has 2 aliphatic rings. The standard InChI is InChI=1S/C19H19F2N5OS/c1-10-6-26-9-13(4-15(21)18(26)22-10)24-19(27)17-14(20)5-16(28-17)25-7-11-2-3-12(8-25)23-11/h4-6,9,11-12,23H,2-3,7-8H2,1H3,(H,24,27). The first-order chi connectivity index (χ1) is 13.5. The zero-order valence-electron chi connectivity index (χ0n) is 15.2. The lowest BCUT2D eigenvalue weighted by Gasteiger charge is -2.33. The number of amides is 1. The van der Waals surface area contributed by atoms with Crippen molar-refractivity contribution in [2.75, 3.05) is 23.3 Å². The number of nitrogens with zero attached hydrogens (tertiary/aromatic N) is 3. The molecular formula is C19H19F2N5OS. The maximum Gasteiger partial charge on any atom is 0.268 e. The third-order valence-electron chi connectivity index (χ3n) is 5.29. The molecule has 3 aromatic heterocycles. The van der Waals surface area contributed by atoms with Gasteiger partial charge in [-0.05, 0) is 19.8 Å². The molecular weight excluding hydrogens is 384 g/mol. The van der Waals surface area contributed by atoms with Crippen LogP contribution in [0.2, 0.25) is 0 Å². The molecule has 28 heavy (non-hydrogen) atoms. The molecule has 146 valence electrons. The van der Waals surface area contributed by atoms with E-state index in [4.69, 9.17) is 0 Å². The second-order valence-corrected chi connectivity index (χ2v) is 8.48. The molecule has 0 aliphatic carbocycles. The van der Waals surface area contributed by atoms with Crippen molar-refractivity contribution in [1.29, 1.82) is 0 Å². The number of thiophene rings is 1. The Balaban J connectivity index is 1.38. The summed E-state index contributed by atoms with van der Waals surface area (Å²) in [6.07, 6.45) is 5.49. The van der Waals surface area contributed by atoms with Crippen LogP contribution in [0.15, 0.2) is 24.5 Å². The summed E-state index contributed by atoms with van der Waals surface area (Å²) >= 11 is 1.14. The molecule has 0 aromatic carbocycles. The molecule has 3 aromatic rings. The minimum Gasteiger partial charge on any atom is -0.360 e. The summed E-state index contributed by atoms with van der Waals surface area (Å²) in [6.45, 7) is 3.40. The quantitative estimate of drug-likeness (QED) is 0.705. The normalized spacial score (nSPS) is 21.5. The van der Waals surface area contributed by atoms with Crippen molar-refractivity contribution in [1.82, 2.24) is 14.7 Å². The van der Waals surface area contributed by atoms with E-state index in [1.807, 2.05) is 0 Å². The Morgan fingerprint density at radius 2 is 1.96 bits per heavy atom. The third-order valence-corrected chi connectivity index (χ3v) is 6.46. The highest BCUT2D eigenvalue weighted by Gasteiger charge is 2.33. The van der Waals surface area contributed by atoms with Gasteiger partial charge in [0.05, 0.1) is 16.4 Å². The lowest BCUT2D eigenvalue weighted by molar-refractivity contribution is 0.102. The van der Waals surface area contributed by atoms with E-state index in [9.17, 15) is 13.6 Å². The number of fused-ring (bicyclic) bond motifs is 3. The monoisotopic (exact) mass is 403 g/mol. The topological polar surface area (TPSA) is 61.7 Å². The van der Waals surface area contributed by atoms with Crippen LogP contribution < -0.4 is 15.5 Å². The SMILES string of the molecule is Cc1cn2cc(NC(=O)c3sc(N4CC5CCC(C4)N5)cc3F)cc(F)c2n1. The highest BCUT2D eigenvalue weighted by atomic mass is 32.1. The number of hydrogen-bond donors (Lipinski definition) is 2. The van der Waals surface area contributed by atoms with Crippen LogP contribution in [0.4, 0.5) is 19.5 Å². The number of imidazole rings is 1. The number of pyridine rings is 1. The molecule has 2 bridgehead atoms. The average Bonchev–Trinajstić information content (AvgIpc) is 3.31. The minimum atomic E-state index is -0.581. The smallest absolute Gasteiger partial charge is 0.268 e. The number of halogens is 2. The predicted octanol–water partition coefficient (Wildman–Crippen LogP) is 3.18. The van der Waals surface area contributed by atoms with Crippen molar-refractivity contribution in [2.24, 2.45) is 0 Å². The van der Waals surface area contributed by atoms with E-state index in [2.05, 4.69) is 20.5 Å². The average molecular weight is 403 g/mol. The van der Waals surface area contributed by atoms with E-state index in [1.54, 1.807) is 19.3 Å².